The van der Waals surface area contributed by atoms with Crippen molar-refractivity contribution >= 4 is 0 Å². The van der Waals surface area contributed by atoms with E-state index in [0.29, 0.717) is 5.54 Å². The van der Waals surface area contributed by atoms with Crippen molar-refractivity contribution in [3.63, 3.8) is 0 Å². The van der Waals surface area contributed by atoms with Gasteiger partial charge in [0.2, 0.25) is 0 Å². The molecular formula is C18H34N2. The Balaban J connectivity index is 1.69. The largest absolute Gasteiger partial charge is 0.329 e. The lowest BCUT2D eigenvalue weighted by Crippen LogP contribution is -2.60. The Morgan fingerprint density at radius 2 is 1.45 bits per heavy atom. The van der Waals surface area contributed by atoms with E-state index in [1.807, 2.05) is 0 Å². The van der Waals surface area contributed by atoms with Crippen molar-refractivity contribution in [2.75, 3.05) is 19.6 Å². The summed E-state index contributed by atoms with van der Waals surface area (Å²) in [5.74, 6) is 1.70. The molecule has 116 valence electrons. The van der Waals surface area contributed by atoms with Crippen LogP contribution in [0.25, 0.3) is 0 Å². The molecule has 1 aliphatic heterocycles. The summed E-state index contributed by atoms with van der Waals surface area (Å²) in [5.41, 5.74) is 7.38. The molecule has 0 aromatic carbocycles. The monoisotopic (exact) mass is 278 g/mol. The van der Waals surface area contributed by atoms with Gasteiger partial charge in [-0.15, -0.1) is 0 Å². The number of hydrogen-bond donors (Lipinski definition) is 1. The van der Waals surface area contributed by atoms with Crippen LogP contribution in [-0.4, -0.2) is 30.1 Å². The first-order chi connectivity index (χ1) is 9.57. The Hall–Kier alpha value is -0.0800. The highest BCUT2D eigenvalue weighted by molar-refractivity contribution is 5.02. The van der Waals surface area contributed by atoms with E-state index in [-0.39, 0.29) is 0 Å². The van der Waals surface area contributed by atoms with Gasteiger partial charge in [0, 0.05) is 25.2 Å². The fraction of sp³-hybridized carbons (Fsp3) is 1.00. The zero-order valence-corrected chi connectivity index (χ0v) is 13.7. The summed E-state index contributed by atoms with van der Waals surface area (Å²) in [6.07, 6.45) is 13.0. The fourth-order valence-electron chi connectivity index (χ4n) is 5.57. The third-order valence-electron chi connectivity index (χ3n) is 6.83. The van der Waals surface area contributed by atoms with E-state index in [4.69, 9.17) is 5.73 Å². The van der Waals surface area contributed by atoms with E-state index in [1.165, 1.54) is 70.9 Å². The maximum Gasteiger partial charge on any atom is 0.0332 e. The summed E-state index contributed by atoms with van der Waals surface area (Å²) in [6, 6.07) is 0. The Labute approximate surface area is 125 Å². The lowest BCUT2D eigenvalue weighted by Gasteiger charge is -2.53. The van der Waals surface area contributed by atoms with Crippen molar-refractivity contribution in [3.05, 3.63) is 0 Å². The Morgan fingerprint density at radius 1 is 0.900 bits per heavy atom. The summed E-state index contributed by atoms with van der Waals surface area (Å²) in [7, 11) is 0. The molecule has 2 nitrogen and oxygen atoms in total. The predicted octanol–water partition coefficient (Wildman–Crippen LogP) is 3.80. The molecule has 3 fully saturated rings. The SMILES string of the molecule is CC1CC(C)CN(C2(CN)CCC3(CCCC3)CC2)C1. The molecule has 2 N–H and O–H groups in total. The van der Waals surface area contributed by atoms with Gasteiger partial charge in [-0.1, -0.05) is 26.7 Å². The highest BCUT2D eigenvalue weighted by Gasteiger charge is 2.47. The van der Waals surface area contributed by atoms with Crippen LogP contribution >= 0.6 is 0 Å². The Kier molecular flexibility index (Phi) is 4.16. The van der Waals surface area contributed by atoms with Crippen LogP contribution in [0.5, 0.6) is 0 Å². The second kappa shape index (κ2) is 5.61. The van der Waals surface area contributed by atoms with Crippen LogP contribution in [0.1, 0.15) is 71.6 Å². The first kappa shape index (κ1) is 14.8. The highest BCUT2D eigenvalue weighted by atomic mass is 15.2. The van der Waals surface area contributed by atoms with Gasteiger partial charge in [-0.3, -0.25) is 4.90 Å². The Bertz CT molecular complexity index is 312. The van der Waals surface area contributed by atoms with Crippen molar-refractivity contribution in [2.45, 2.75) is 77.2 Å². The van der Waals surface area contributed by atoms with Gasteiger partial charge in [0.15, 0.2) is 0 Å². The number of piperidine rings is 1. The van der Waals surface area contributed by atoms with Gasteiger partial charge in [0.1, 0.15) is 0 Å². The van der Waals surface area contributed by atoms with Crippen molar-refractivity contribution in [2.24, 2.45) is 23.0 Å². The minimum Gasteiger partial charge on any atom is -0.329 e. The predicted molar refractivity (Wildman–Crippen MR) is 85.7 cm³/mol. The van der Waals surface area contributed by atoms with Gasteiger partial charge in [0.05, 0.1) is 0 Å². The lowest BCUT2D eigenvalue weighted by atomic mass is 9.65. The lowest BCUT2D eigenvalue weighted by molar-refractivity contribution is -0.0220. The molecule has 0 amide bonds. The summed E-state index contributed by atoms with van der Waals surface area (Å²) in [4.78, 5) is 2.80. The van der Waals surface area contributed by atoms with Crippen LogP contribution in [0.15, 0.2) is 0 Å². The van der Waals surface area contributed by atoms with E-state index in [9.17, 15) is 0 Å². The smallest absolute Gasteiger partial charge is 0.0332 e. The highest BCUT2D eigenvalue weighted by Crippen LogP contribution is 2.52. The molecule has 1 saturated heterocycles. The van der Waals surface area contributed by atoms with Gasteiger partial charge in [-0.25, -0.2) is 0 Å². The van der Waals surface area contributed by atoms with E-state index in [0.717, 1.165) is 23.8 Å². The second-order valence-corrected chi connectivity index (χ2v) is 8.49. The van der Waals surface area contributed by atoms with Crippen molar-refractivity contribution in [1.29, 1.82) is 0 Å². The number of nitrogens with two attached hydrogens (primary N) is 1. The third-order valence-corrected chi connectivity index (χ3v) is 6.83. The number of likely N-dealkylation sites (tertiary alicyclic amines) is 1. The van der Waals surface area contributed by atoms with Gasteiger partial charge in [-0.05, 0) is 62.2 Å². The summed E-state index contributed by atoms with van der Waals surface area (Å²) >= 11 is 0. The first-order valence-corrected chi connectivity index (χ1v) is 9.03. The molecule has 3 rings (SSSR count). The molecule has 1 spiro atoms. The summed E-state index contributed by atoms with van der Waals surface area (Å²) < 4.78 is 0. The summed E-state index contributed by atoms with van der Waals surface area (Å²) in [6.45, 7) is 8.30. The topological polar surface area (TPSA) is 29.3 Å². The van der Waals surface area contributed by atoms with Crippen LogP contribution in [0.4, 0.5) is 0 Å². The number of hydrogen-bond acceptors (Lipinski definition) is 2. The van der Waals surface area contributed by atoms with Gasteiger partial charge in [0.25, 0.3) is 0 Å². The van der Waals surface area contributed by atoms with Crippen LogP contribution in [-0.2, 0) is 0 Å². The molecule has 0 bridgehead atoms. The van der Waals surface area contributed by atoms with E-state index < -0.39 is 0 Å². The normalized spacial score (nSPS) is 37.4. The zero-order valence-electron chi connectivity index (χ0n) is 13.7. The standard InChI is InChI=1S/C18H34N2/c1-15-11-16(2)13-20(12-15)18(14-19)9-7-17(8-10-18)5-3-4-6-17/h15-16H,3-14,19H2,1-2H3. The molecule has 0 aromatic heterocycles. The molecule has 20 heavy (non-hydrogen) atoms. The van der Waals surface area contributed by atoms with Crippen LogP contribution < -0.4 is 5.73 Å². The molecule has 2 atom stereocenters. The fourth-order valence-corrected chi connectivity index (χ4v) is 5.57. The Morgan fingerprint density at radius 3 is 1.95 bits per heavy atom. The first-order valence-electron chi connectivity index (χ1n) is 9.03. The number of nitrogens with zero attached hydrogens (tertiary/aromatic N) is 1. The second-order valence-electron chi connectivity index (χ2n) is 8.49. The number of rotatable bonds is 2. The van der Waals surface area contributed by atoms with Crippen molar-refractivity contribution < 1.29 is 0 Å². The van der Waals surface area contributed by atoms with Gasteiger partial charge < -0.3 is 5.73 Å². The molecule has 2 heteroatoms. The average molecular weight is 278 g/mol. The molecule has 1 heterocycles. The minimum atomic E-state index is 0.344. The minimum absolute atomic E-state index is 0.344. The molecule has 2 unspecified atom stereocenters. The van der Waals surface area contributed by atoms with E-state index in [2.05, 4.69) is 18.7 Å². The molecule has 2 saturated carbocycles. The third kappa shape index (κ3) is 2.66. The maximum absolute atomic E-state index is 6.31. The van der Waals surface area contributed by atoms with Gasteiger partial charge >= 0.3 is 0 Å². The molecule has 3 aliphatic rings. The van der Waals surface area contributed by atoms with Crippen LogP contribution in [0, 0.1) is 17.3 Å². The van der Waals surface area contributed by atoms with Crippen LogP contribution in [0.3, 0.4) is 0 Å². The van der Waals surface area contributed by atoms with Crippen LogP contribution in [0.2, 0.25) is 0 Å². The molecule has 0 radical (unpaired) electrons. The zero-order chi connectivity index (χ0) is 14.2. The quantitative estimate of drug-likeness (QED) is 0.832. The van der Waals surface area contributed by atoms with E-state index in [1.54, 1.807) is 0 Å². The van der Waals surface area contributed by atoms with Crippen molar-refractivity contribution in [1.82, 2.24) is 4.90 Å². The van der Waals surface area contributed by atoms with E-state index >= 15 is 0 Å². The van der Waals surface area contributed by atoms with Crippen molar-refractivity contribution in [3.8, 4) is 0 Å². The molecule has 0 aromatic rings. The van der Waals surface area contributed by atoms with Gasteiger partial charge in [-0.2, -0.15) is 0 Å². The molecule has 2 aliphatic carbocycles. The molecular weight excluding hydrogens is 244 g/mol. The average Bonchev–Trinajstić information content (AvgIpc) is 2.88. The maximum atomic E-state index is 6.31. The summed E-state index contributed by atoms with van der Waals surface area (Å²) in [5, 5.41) is 0.